The van der Waals surface area contributed by atoms with E-state index in [1.807, 2.05) is 43.7 Å². The van der Waals surface area contributed by atoms with Crippen molar-refractivity contribution in [3.8, 4) is 39.5 Å². The zero-order chi connectivity index (χ0) is 33.9. The quantitative estimate of drug-likeness (QED) is 0.118. The summed E-state index contributed by atoms with van der Waals surface area (Å²) in [5, 5.41) is 7.29. The number of carbonyl (C=O) groups excluding carboxylic acids is 1. The second kappa shape index (κ2) is 12.5. The number of rotatable bonds is 8. The number of pyridine rings is 1. The van der Waals surface area contributed by atoms with E-state index in [1.54, 1.807) is 11.0 Å². The molecule has 13 heteroatoms. The molecule has 0 unspecified atom stereocenters. The van der Waals surface area contributed by atoms with Gasteiger partial charge in [-0.05, 0) is 45.0 Å². The molecule has 0 saturated heterocycles. The first kappa shape index (κ1) is 32.0. The van der Waals surface area contributed by atoms with Crippen LogP contribution in [0.15, 0.2) is 54.4 Å². The number of halogens is 3. The van der Waals surface area contributed by atoms with Crippen LogP contribution in [0.2, 0.25) is 0 Å². The lowest BCUT2D eigenvalue weighted by atomic mass is 9.94. The van der Waals surface area contributed by atoms with Crippen molar-refractivity contribution >= 4 is 48.9 Å². The molecule has 246 valence electrons. The highest BCUT2D eigenvalue weighted by Crippen LogP contribution is 2.48. The van der Waals surface area contributed by atoms with Crippen LogP contribution in [0.3, 0.4) is 0 Å². The molecule has 8 nitrogen and oxygen atoms in total. The van der Waals surface area contributed by atoms with Gasteiger partial charge in [-0.1, -0.05) is 12.6 Å². The highest BCUT2D eigenvalue weighted by molar-refractivity contribution is 7.18. The van der Waals surface area contributed by atoms with Gasteiger partial charge < -0.3 is 14.4 Å². The third-order valence-corrected chi connectivity index (χ3v) is 10.4. The van der Waals surface area contributed by atoms with Gasteiger partial charge in [0.1, 0.15) is 41.2 Å². The second-order valence-corrected chi connectivity index (χ2v) is 13.7. The van der Waals surface area contributed by atoms with Gasteiger partial charge in [-0.3, -0.25) is 9.48 Å². The number of aromatic nitrogens is 4. The Morgan fingerprint density at radius 2 is 1.88 bits per heavy atom. The smallest absolute Gasteiger partial charge is 0.246 e. The summed E-state index contributed by atoms with van der Waals surface area (Å²) in [6, 6.07) is 8.75. The van der Waals surface area contributed by atoms with Crippen LogP contribution in [-0.2, 0) is 9.53 Å². The molecule has 1 aliphatic rings. The number of aryl methyl sites for hydroxylation is 1. The van der Waals surface area contributed by atoms with Crippen molar-refractivity contribution in [2.75, 3.05) is 26.9 Å². The van der Waals surface area contributed by atoms with Gasteiger partial charge in [0.05, 0.1) is 55.6 Å². The molecule has 2 atom stereocenters. The van der Waals surface area contributed by atoms with Gasteiger partial charge in [0.25, 0.3) is 0 Å². The lowest BCUT2D eigenvalue weighted by Crippen LogP contribution is -2.42. The van der Waals surface area contributed by atoms with E-state index in [0.29, 0.717) is 22.6 Å². The molecule has 1 amide bonds. The Kier molecular flexibility index (Phi) is 8.30. The predicted molar refractivity (Wildman–Crippen MR) is 182 cm³/mol. The summed E-state index contributed by atoms with van der Waals surface area (Å²) in [7, 11) is 1.48. The first-order valence-corrected chi connectivity index (χ1v) is 16.9. The number of benzene rings is 2. The molecule has 0 aliphatic carbocycles. The maximum Gasteiger partial charge on any atom is 0.246 e. The SMILES string of the molecule is C=CC(=O)N1C[C@H](C)n2nc(-c3nc(-c4ccc5nc(C)sc5c4)c4scc(F)c4c3-c3c(F)cc(F)cc3OCCOC)cc2[C@H]1C. The number of thiophene rings is 1. The number of thiazole rings is 1. The van der Waals surface area contributed by atoms with Crippen molar-refractivity contribution in [1.82, 2.24) is 24.6 Å². The van der Waals surface area contributed by atoms with E-state index in [9.17, 15) is 9.18 Å². The van der Waals surface area contributed by atoms with Gasteiger partial charge >= 0.3 is 0 Å². The van der Waals surface area contributed by atoms with Crippen LogP contribution in [0.5, 0.6) is 5.75 Å². The Hall–Kier alpha value is -4.59. The number of amides is 1. The van der Waals surface area contributed by atoms with Crippen molar-refractivity contribution in [2.45, 2.75) is 32.9 Å². The Balaban J connectivity index is 1.54. The standard InChI is InChI=1S/C35H30F3N5O3S2/c1-6-29(44)42-15-17(2)43-26(18(42)3)14-25(41-43)34-32(30-22(37)12-21(36)13-27(30)46-10-9-45-5)31-23(38)16-47-35(31)33(40-34)20-7-8-24-28(11-20)48-19(4)39-24/h6-8,11-14,16-18H,1,9-10,15H2,2-5H3/t17-,18+/m0/s1. The topological polar surface area (TPSA) is 82.4 Å². The predicted octanol–water partition coefficient (Wildman–Crippen LogP) is 8.50. The largest absolute Gasteiger partial charge is 0.490 e. The summed E-state index contributed by atoms with van der Waals surface area (Å²) in [6.45, 7) is 9.95. The zero-order valence-electron chi connectivity index (χ0n) is 26.5. The van der Waals surface area contributed by atoms with E-state index in [4.69, 9.17) is 19.6 Å². The highest BCUT2D eigenvalue weighted by Gasteiger charge is 2.34. The Morgan fingerprint density at radius 1 is 1.06 bits per heavy atom. The molecule has 6 aromatic rings. The molecule has 2 aromatic carbocycles. The third-order valence-electron chi connectivity index (χ3n) is 8.49. The number of hydrogen-bond acceptors (Lipinski definition) is 8. The monoisotopic (exact) mass is 689 g/mol. The van der Waals surface area contributed by atoms with Gasteiger partial charge in [-0.25, -0.2) is 23.1 Å². The molecule has 48 heavy (non-hydrogen) atoms. The molecule has 0 N–H and O–H groups in total. The number of nitrogens with zero attached hydrogens (tertiary/aromatic N) is 5. The highest BCUT2D eigenvalue weighted by atomic mass is 32.1. The number of carbonyl (C=O) groups is 1. The molecule has 0 fully saturated rings. The summed E-state index contributed by atoms with van der Waals surface area (Å²) in [4.78, 5) is 24.1. The fourth-order valence-electron chi connectivity index (χ4n) is 6.30. The van der Waals surface area contributed by atoms with Crippen LogP contribution in [0, 0.1) is 24.4 Å². The van der Waals surface area contributed by atoms with Gasteiger partial charge in [0.15, 0.2) is 0 Å². The van der Waals surface area contributed by atoms with Crippen molar-refractivity contribution in [3.63, 3.8) is 0 Å². The molecule has 4 aromatic heterocycles. The van der Waals surface area contributed by atoms with Crippen LogP contribution in [0.1, 0.15) is 36.6 Å². The van der Waals surface area contributed by atoms with E-state index in [0.717, 1.165) is 50.0 Å². The number of fused-ring (bicyclic) bond motifs is 3. The van der Waals surface area contributed by atoms with E-state index in [-0.39, 0.29) is 59.2 Å². The van der Waals surface area contributed by atoms with Crippen LogP contribution in [0.25, 0.3) is 54.1 Å². The maximum absolute atomic E-state index is 16.2. The Morgan fingerprint density at radius 3 is 2.65 bits per heavy atom. The molecular formula is C35H30F3N5O3S2. The second-order valence-electron chi connectivity index (χ2n) is 11.6. The van der Waals surface area contributed by atoms with Crippen molar-refractivity contribution < 1.29 is 27.4 Å². The summed E-state index contributed by atoms with van der Waals surface area (Å²) < 4.78 is 61.1. The average Bonchev–Trinajstić information content (AvgIpc) is 3.78. The van der Waals surface area contributed by atoms with E-state index >= 15 is 8.78 Å². The summed E-state index contributed by atoms with van der Waals surface area (Å²) in [5.74, 6) is -2.73. The average molecular weight is 690 g/mol. The molecule has 7 rings (SSSR count). The lowest BCUT2D eigenvalue weighted by Gasteiger charge is -2.36. The molecule has 1 aliphatic heterocycles. The zero-order valence-corrected chi connectivity index (χ0v) is 28.1. The molecular weight excluding hydrogens is 660 g/mol. The van der Waals surface area contributed by atoms with Gasteiger partial charge in [0, 0.05) is 47.7 Å². The lowest BCUT2D eigenvalue weighted by molar-refractivity contribution is -0.129. The summed E-state index contributed by atoms with van der Waals surface area (Å²) in [6.07, 6.45) is 1.28. The van der Waals surface area contributed by atoms with Crippen molar-refractivity contribution in [3.05, 3.63) is 82.6 Å². The fraction of sp³-hybridized carbons (Fsp3) is 0.257. The third kappa shape index (κ3) is 5.35. The molecule has 0 spiro atoms. The van der Waals surface area contributed by atoms with Crippen LogP contribution < -0.4 is 4.74 Å². The first-order valence-electron chi connectivity index (χ1n) is 15.2. The number of hydrogen-bond donors (Lipinski definition) is 0. The minimum absolute atomic E-state index is 0.00223. The molecule has 0 bridgehead atoms. The summed E-state index contributed by atoms with van der Waals surface area (Å²) in [5.41, 5.74) is 3.20. The van der Waals surface area contributed by atoms with Gasteiger partial charge in [-0.2, -0.15) is 5.10 Å². The maximum atomic E-state index is 16.2. The van der Waals surface area contributed by atoms with Crippen molar-refractivity contribution in [1.29, 1.82) is 0 Å². The molecule has 0 radical (unpaired) electrons. The Bertz CT molecular complexity index is 2240. The van der Waals surface area contributed by atoms with Gasteiger partial charge in [0.2, 0.25) is 5.91 Å². The minimum Gasteiger partial charge on any atom is -0.490 e. The molecule has 5 heterocycles. The van der Waals surface area contributed by atoms with Gasteiger partial charge in [-0.15, -0.1) is 22.7 Å². The first-order chi connectivity index (χ1) is 23.1. The number of methoxy groups -OCH3 is 1. The van der Waals surface area contributed by atoms with Crippen LogP contribution in [-0.4, -0.2) is 57.4 Å². The fourth-order valence-corrected chi connectivity index (χ4v) is 8.10. The summed E-state index contributed by atoms with van der Waals surface area (Å²) >= 11 is 2.68. The van der Waals surface area contributed by atoms with E-state index in [1.165, 1.54) is 29.9 Å². The van der Waals surface area contributed by atoms with E-state index in [2.05, 4.69) is 11.6 Å². The van der Waals surface area contributed by atoms with Crippen LogP contribution in [0.4, 0.5) is 13.2 Å². The molecule has 0 saturated carbocycles. The normalized spacial score (nSPS) is 16.1. The Labute approximate surface area is 282 Å². The number of ether oxygens (including phenoxy) is 2. The van der Waals surface area contributed by atoms with E-state index < -0.39 is 17.5 Å². The minimum atomic E-state index is -0.944. The van der Waals surface area contributed by atoms with Crippen LogP contribution >= 0.6 is 22.7 Å². The van der Waals surface area contributed by atoms with Crippen molar-refractivity contribution in [2.24, 2.45) is 0 Å².